The maximum atomic E-state index is 13.6. The van der Waals surface area contributed by atoms with Crippen molar-refractivity contribution in [3.05, 3.63) is 53.8 Å². The molecule has 1 saturated carbocycles. The quantitative estimate of drug-likeness (QED) is 0.704. The number of carbonyl (C=O) groups is 1. The van der Waals surface area contributed by atoms with E-state index in [1.165, 1.54) is 48.7 Å². The van der Waals surface area contributed by atoms with Crippen LogP contribution in [-0.2, 0) is 21.4 Å². The maximum Gasteiger partial charge on any atom is 0.243 e. The molecule has 1 N–H and O–H groups in total. The van der Waals surface area contributed by atoms with Crippen molar-refractivity contribution < 1.29 is 22.3 Å². The normalized spacial score (nSPS) is 15.2. The molecule has 3 rings (SSSR count). The SMILES string of the molecule is COc1cc(S(=O)(=O)N(Cc2ccc(F)cc2)C2CCCCC2)ccc1NC(C)=O. The van der Waals surface area contributed by atoms with Gasteiger partial charge in [0.25, 0.3) is 0 Å². The lowest BCUT2D eigenvalue weighted by Gasteiger charge is -2.33. The summed E-state index contributed by atoms with van der Waals surface area (Å²) in [6, 6.07) is 10.2. The van der Waals surface area contributed by atoms with Gasteiger partial charge in [0.1, 0.15) is 11.6 Å². The summed E-state index contributed by atoms with van der Waals surface area (Å²) < 4.78 is 47.4. The zero-order chi connectivity index (χ0) is 21.7. The van der Waals surface area contributed by atoms with Crippen LogP contribution in [0, 0.1) is 5.82 Å². The average molecular weight is 435 g/mol. The number of halogens is 1. The molecule has 0 atom stereocenters. The number of anilines is 1. The van der Waals surface area contributed by atoms with Crippen molar-refractivity contribution in [3.8, 4) is 5.75 Å². The van der Waals surface area contributed by atoms with E-state index in [1.807, 2.05) is 0 Å². The maximum absolute atomic E-state index is 13.6. The van der Waals surface area contributed by atoms with Crippen molar-refractivity contribution in [2.75, 3.05) is 12.4 Å². The zero-order valence-electron chi connectivity index (χ0n) is 17.2. The van der Waals surface area contributed by atoms with Gasteiger partial charge in [-0.05, 0) is 42.7 Å². The highest BCUT2D eigenvalue weighted by Crippen LogP contribution is 2.33. The fourth-order valence-electron chi connectivity index (χ4n) is 3.81. The Morgan fingerprint density at radius 3 is 2.40 bits per heavy atom. The van der Waals surface area contributed by atoms with Gasteiger partial charge in [-0.15, -0.1) is 0 Å². The third-order valence-corrected chi connectivity index (χ3v) is 7.22. The molecular formula is C22H27FN2O4S. The summed E-state index contributed by atoms with van der Waals surface area (Å²) in [7, 11) is -2.41. The summed E-state index contributed by atoms with van der Waals surface area (Å²) in [6.07, 6.45) is 4.64. The molecule has 0 bridgehead atoms. The Hall–Kier alpha value is -2.45. The van der Waals surface area contributed by atoms with Crippen molar-refractivity contribution >= 4 is 21.6 Å². The second-order valence-electron chi connectivity index (χ2n) is 7.51. The molecule has 0 heterocycles. The van der Waals surface area contributed by atoms with Gasteiger partial charge in [0, 0.05) is 25.6 Å². The summed E-state index contributed by atoms with van der Waals surface area (Å²) in [5.74, 6) is -0.357. The Kier molecular flexibility index (Phi) is 7.10. The summed E-state index contributed by atoms with van der Waals surface area (Å²) in [4.78, 5) is 11.5. The smallest absolute Gasteiger partial charge is 0.243 e. The number of nitrogens with one attached hydrogen (secondary N) is 1. The van der Waals surface area contributed by atoms with Crippen LogP contribution < -0.4 is 10.1 Å². The molecule has 8 heteroatoms. The van der Waals surface area contributed by atoms with E-state index in [1.54, 1.807) is 12.1 Å². The van der Waals surface area contributed by atoms with Crippen LogP contribution in [0.4, 0.5) is 10.1 Å². The minimum atomic E-state index is -3.84. The van der Waals surface area contributed by atoms with Crippen LogP contribution in [-0.4, -0.2) is 31.8 Å². The Balaban J connectivity index is 1.98. The first-order valence-electron chi connectivity index (χ1n) is 10.0. The monoisotopic (exact) mass is 434 g/mol. The number of hydrogen-bond acceptors (Lipinski definition) is 4. The van der Waals surface area contributed by atoms with Crippen LogP contribution >= 0.6 is 0 Å². The van der Waals surface area contributed by atoms with Gasteiger partial charge in [-0.1, -0.05) is 31.4 Å². The third-order valence-electron chi connectivity index (χ3n) is 5.32. The summed E-state index contributed by atoms with van der Waals surface area (Å²) in [5, 5.41) is 2.63. The van der Waals surface area contributed by atoms with Crippen molar-refractivity contribution in [2.24, 2.45) is 0 Å². The van der Waals surface area contributed by atoms with E-state index in [0.29, 0.717) is 5.69 Å². The van der Waals surface area contributed by atoms with Crippen LogP contribution in [0.3, 0.4) is 0 Å². The Morgan fingerprint density at radius 2 is 1.80 bits per heavy atom. The van der Waals surface area contributed by atoms with Gasteiger partial charge >= 0.3 is 0 Å². The Labute approximate surface area is 177 Å². The van der Waals surface area contributed by atoms with Gasteiger partial charge in [0.15, 0.2) is 0 Å². The molecule has 0 saturated heterocycles. The third kappa shape index (κ3) is 5.17. The van der Waals surface area contributed by atoms with Crippen molar-refractivity contribution in [1.82, 2.24) is 4.31 Å². The number of hydrogen-bond donors (Lipinski definition) is 1. The molecular weight excluding hydrogens is 407 g/mol. The highest BCUT2D eigenvalue weighted by molar-refractivity contribution is 7.89. The van der Waals surface area contributed by atoms with E-state index >= 15 is 0 Å². The molecule has 0 aliphatic heterocycles. The second-order valence-corrected chi connectivity index (χ2v) is 9.40. The first-order chi connectivity index (χ1) is 14.3. The van der Waals surface area contributed by atoms with Crippen molar-refractivity contribution in [1.29, 1.82) is 0 Å². The minimum Gasteiger partial charge on any atom is -0.495 e. The summed E-state index contributed by atoms with van der Waals surface area (Å²) in [6.45, 7) is 1.54. The lowest BCUT2D eigenvalue weighted by Crippen LogP contribution is -2.40. The first-order valence-corrected chi connectivity index (χ1v) is 11.5. The Bertz CT molecular complexity index is 987. The molecule has 0 spiro atoms. The lowest BCUT2D eigenvalue weighted by atomic mass is 9.95. The molecule has 1 aliphatic rings. The standard InChI is InChI=1S/C22H27FN2O4S/c1-16(26)24-21-13-12-20(14-22(21)29-2)30(27,28)25(19-6-4-3-5-7-19)15-17-8-10-18(23)11-9-17/h8-14,19H,3-7,15H2,1-2H3,(H,24,26). The molecule has 6 nitrogen and oxygen atoms in total. The topological polar surface area (TPSA) is 75.7 Å². The van der Waals surface area contributed by atoms with Crippen LogP contribution in [0.1, 0.15) is 44.6 Å². The first kappa shape index (κ1) is 22.2. The highest BCUT2D eigenvalue weighted by Gasteiger charge is 2.33. The van der Waals surface area contributed by atoms with Crippen LogP contribution in [0.15, 0.2) is 47.4 Å². The number of carbonyl (C=O) groups excluding carboxylic acids is 1. The van der Waals surface area contributed by atoms with Gasteiger partial charge in [0.05, 0.1) is 17.7 Å². The number of benzene rings is 2. The molecule has 1 amide bonds. The second kappa shape index (κ2) is 9.57. The fraction of sp³-hybridized carbons (Fsp3) is 0.409. The van der Waals surface area contributed by atoms with E-state index in [-0.39, 0.29) is 35.0 Å². The summed E-state index contributed by atoms with van der Waals surface area (Å²) >= 11 is 0. The predicted molar refractivity (Wildman–Crippen MR) is 113 cm³/mol. The number of rotatable bonds is 7. The van der Waals surface area contributed by atoms with Gasteiger partial charge in [0.2, 0.25) is 15.9 Å². The van der Waals surface area contributed by atoms with Crippen LogP contribution in [0.25, 0.3) is 0 Å². The molecule has 2 aromatic carbocycles. The molecule has 162 valence electrons. The predicted octanol–water partition coefficient (Wildman–Crippen LogP) is 4.32. The van der Waals surface area contributed by atoms with Gasteiger partial charge in [-0.25, -0.2) is 12.8 Å². The van der Waals surface area contributed by atoms with E-state index in [0.717, 1.165) is 37.7 Å². The van der Waals surface area contributed by atoms with Gasteiger partial charge in [-0.2, -0.15) is 4.31 Å². The number of ether oxygens (including phenoxy) is 1. The van der Waals surface area contributed by atoms with E-state index in [4.69, 9.17) is 4.74 Å². The van der Waals surface area contributed by atoms with Crippen molar-refractivity contribution in [2.45, 2.75) is 56.5 Å². The number of nitrogens with zero attached hydrogens (tertiary/aromatic N) is 1. The summed E-state index contributed by atoms with van der Waals surface area (Å²) in [5.41, 5.74) is 1.14. The van der Waals surface area contributed by atoms with E-state index in [9.17, 15) is 17.6 Å². The lowest BCUT2D eigenvalue weighted by molar-refractivity contribution is -0.114. The molecule has 2 aromatic rings. The largest absolute Gasteiger partial charge is 0.495 e. The minimum absolute atomic E-state index is 0.0983. The van der Waals surface area contributed by atoms with E-state index < -0.39 is 10.0 Å². The number of sulfonamides is 1. The molecule has 30 heavy (non-hydrogen) atoms. The average Bonchev–Trinajstić information content (AvgIpc) is 2.73. The van der Waals surface area contributed by atoms with Gasteiger partial charge < -0.3 is 10.1 Å². The zero-order valence-corrected chi connectivity index (χ0v) is 18.0. The molecule has 1 aliphatic carbocycles. The van der Waals surface area contributed by atoms with E-state index in [2.05, 4.69) is 5.32 Å². The van der Waals surface area contributed by atoms with Gasteiger partial charge in [-0.3, -0.25) is 4.79 Å². The Morgan fingerprint density at radius 1 is 1.13 bits per heavy atom. The van der Waals surface area contributed by atoms with Crippen LogP contribution in [0.5, 0.6) is 5.75 Å². The number of methoxy groups -OCH3 is 1. The van der Waals surface area contributed by atoms with Crippen LogP contribution in [0.2, 0.25) is 0 Å². The number of amides is 1. The molecule has 0 unspecified atom stereocenters. The fourth-order valence-corrected chi connectivity index (χ4v) is 5.50. The van der Waals surface area contributed by atoms with Crippen molar-refractivity contribution in [3.63, 3.8) is 0 Å². The molecule has 1 fully saturated rings. The molecule has 0 aromatic heterocycles. The highest BCUT2D eigenvalue weighted by atomic mass is 32.2. The molecule has 0 radical (unpaired) electrons.